The number of rotatable bonds is 8. The lowest BCUT2D eigenvalue weighted by molar-refractivity contribution is 0.0954. The zero-order valence-electron chi connectivity index (χ0n) is 17.2. The fourth-order valence-electron chi connectivity index (χ4n) is 3.08. The summed E-state index contributed by atoms with van der Waals surface area (Å²) in [5.74, 6) is 2.16. The van der Waals surface area contributed by atoms with Gasteiger partial charge in [0, 0.05) is 12.1 Å². The molecule has 1 heterocycles. The van der Waals surface area contributed by atoms with Gasteiger partial charge in [0.1, 0.15) is 23.9 Å². The number of benzene rings is 2. The number of carbonyl (C=O) groups is 1. The molecule has 0 bridgehead atoms. The van der Waals surface area contributed by atoms with Gasteiger partial charge < -0.3 is 19.3 Å². The van der Waals surface area contributed by atoms with Gasteiger partial charge in [0.05, 0.1) is 18.4 Å². The summed E-state index contributed by atoms with van der Waals surface area (Å²) in [6.07, 6.45) is 0.704. The van der Waals surface area contributed by atoms with E-state index in [1.807, 2.05) is 32.9 Å². The van der Waals surface area contributed by atoms with Crippen molar-refractivity contribution in [2.45, 2.75) is 33.8 Å². The maximum absolute atomic E-state index is 12.4. The summed E-state index contributed by atoms with van der Waals surface area (Å²) in [6.45, 7) is 6.69. The number of aromatic nitrogens is 1. The highest BCUT2D eigenvalue weighted by Gasteiger charge is 2.11. The number of nitrogens with zero attached hydrogens (tertiary/aromatic N) is 1. The van der Waals surface area contributed by atoms with Crippen molar-refractivity contribution in [3.8, 4) is 11.5 Å². The number of nitrogens with one attached hydrogen (secondary N) is 1. The van der Waals surface area contributed by atoms with Crippen LogP contribution in [0.5, 0.6) is 11.5 Å². The molecule has 6 nitrogen and oxygen atoms in total. The lowest BCUT2D eigenvalue weighted by Gasteiger charge is -2.11. The quantitative estimate of drug-likeness (QED) is 0.621. The summed E-state index contributed by atoms with van der Waals surface area (Å²) in [5, 5.41) is 6.87. The van der Waals surface area contributed by atoms with Gasteiger partial charge in [0.2, 0.25) is 0 Å². The first-order chi connectivity index (χ1) is 14.0. The first-order valence-corrected chi connectivity index (χ1v) is 9.54. The SMILES string of the molecule is COc1ccc(C)cc1CCNC(=O)c1ccc(OCc2c(C)noc2C)cc1. The largest absolute Gasteiger partial charge is 0.496 e. The van der Waals surface area contributed by atoms with Crippen LogP contribution in [0.4, 0.5) is 0 Å². The first-order valence-electron chi connectivity index (χ1n) is 9.54. The Bertz CT molecular complexity index is 958. The molecule has 3 aromatic rings. The minimum Gasteiger partial charge on any atom is -0.496 e. The number of hydrogen-bond acceptors (Lipinski definition) is 5. The zero-order valence-corrected chi connectivity index (χ0v) is 17.2. The van der Waals surface area contributed by atoms with Crippen LogP contribution >= 0.6 is 0 Å². The summed E-state index contributed by atoms with van der Waals surface area (Å²) in [6, 6.07) is 13.1. The van der Waals surface area contributed by atoms with Crippen molar-refractivity contribution in [3.05, 3.63) is 76.2 Å². The molecule has 0 spiro atoms. The highest BCUT2D eigenvalue weighted by atomic mass is 16.5. The highest BCUT2D eigenvalue weighted by molar-refractivity contribution is 5.94. The van der Waals surface area contributed by atoms with E-state index >= 15 is 0 Å². The van der Waals surface area contributed by atoms with E-state index in [0.29, 0.717) is 30.9 Å². The Morgan fingerprint density at radius 2 is 1.86 bits per heavy atom. The van der Waals surface area contributed by atoms with Gasteiger partial charge in [0.25, 0.3) is 5.91 Å². The summed E-state index contributed by atoms with van der Waals surface area (Å²) in [5.41, 5.74) is 4.60. The van der Waals surface area contributed by atoms with Crippen molar-refractivity contribution < 1.29 is 18.8 Å². The first kappa shape index (κ1) is 20.5. The van der Waals surface area contributed by atoms with E-state index in [1.165, 1.54) is 5.56 Å². The van der Waals surface area contributed by atoms with Crippen LogP contribution in [-0.4, -0.2) is 24.7 Å². The minimum atomic E-state index is -0.117. The molecule has 2 aromatic carbocycles. The Labute approximate surface area is 170 Å². The maximum atomic E-state index is 12.4. The Balaban J connectivity index is 1.52. The van der Waals surface area contributed by atoms with Crippen LogP contribution in [0.3, 0.4) is 0 Å². The van der Waals surface area contributed by atoms with E-state index in [0.717, 1.165) is 28.3 Å². The van der Waals surface area contributed by atoms with Crippen LogP contribution in [0.15, 0.2) is 47.0 Å². The molecule has 0 aliphatic rings. The second-order valence-electron chi connectivity index (χ2n) is 6.94. The molecule has 152 valence electrons. The van der Waals surface area contributed by atoms with Gasteiger partial charge in [-0.15, -0.1) is 0 Å². The highest BCUT2D eigenvalue weighted by Crippen LogP contribution is 2.20. The molecule has 1 N–H and O–H groups in total. The van der Waals surface area contributed by atoms with Crippen LogP contribution in [0.2, 0.25) is 0 Å². The van der Waals surface area contributed by atoms with Gasteiger partial charge >= 0.3 is 0 Å². The molecule has 0 fully saturated rings. The van der Waals surface area contributed by atoms with Crippen molar-refractivity contribution in [1.82, 2.24) is 10.5 Å². The Hall–Kier alpha value is -3.28. The van der Waals surface area contributed by atoms with Crippen LogP contribution in [0.1, 0.15) is 38.5 Å². The van der Waals surface area contributed by atoms with Crippen LogP contribution in [0.25, 0.3) is 0 Å². The Morgan fingerprint density at radius 3 is 2.52 bits per heavy atom. The molecule has 1 amide bonds. The van der Waals surface area contributed by atoms with E-state index in [9.17, 15) is 4.79 Å². The molecule has 29 heavy (non-hydrogen) atoms. The summed E-state index contributed by atoms with van der Waals surface area (Å²) < 4.78 is 16.3. The molecule has 6 heteroatoms. The van der Waals surface area contributed by atoms with Crippen molar-refractivity contribution in [3.63, 3.8) is 0 Å². The molecule has 0 unspecified atom stereocenters. The predicted molar refractivity (Wildman–Crippen MR) is 111 cm³/mol. The lowest BCUT2D eigenvalue weighted by atomic mass is 10.1. The maximum Gasteiger partial charge on any atom is 0.251 e. The summed E-state index contributed by atoms with van der Waals surface area (Å²) in [7, 11) is 1.65. The fourth-order valence-corrected chi connectivity index (χ4v) is 3.08. The topological polar surface area (TPSA) is 73.6 Å². The number of methoxy groups -OCH3 is 1. The Morgan fingerprint density at radius 1 is 1.10 bits per heavy atom. The van der Waals surface area contributed by atoms with Crippen molar-refractivity contribution >= 4 is 5.91 Å². The molecule has 0 radical (unpaired) electrons. The third kappa shape index (κ3) is 5.16. The molecule has 0 saturated heterocycles. The van der Waals surface area contributed by atoms with Gasteiger partial charge in [-0.25, -0.2) is 0 Å². The summed E-state index contributed by atoms with van der Waals surface area (Å²) in [4.78, 5) is 12.4. The molecule has 0 aliphatic heterocycles. The monoisotopic (exact) mass is 394 g/mol. The second-order valence-corrected chi connectivity index (χ2v) is 6.94. The number of carbonyl (C=O) groups excluding carboxylic acids is 1. The summed E-state index contributed by atoms with van der Waals surface area (Å²) >= 11 is 0. The van der Waals surface area contributed by atoms with Crippen molar-refractivity contribution in [2.24, 2.45) is 0 Å². The van der Waals surface area contributed by atoms with E-state index in [-0.39, 0.29) is 5.91 Å². The number of amides is 1. The lowest BCUT2D eigenvalue weighted by Crippen LogP contribution is -2.25. The van der Waals surface area contributed by atoms with Gasteiger partial charge in [-0.2, -0.15) is 0 Å². The molecule has 3 rings (SSSR count). The van der Waals surface area contributed by atoms with Gasteiger partial charge in [-0.3, -0.25) is 4.79 Å². The van der Waals surface area contributed by atoms with Crippen molar-refractivity contribution in [2.75, 3.05) is 13.7 Å². The third-order valence-corrected chi connectivity index (χ3v) is 4.80. The standard InChI is InChI=1S/C23H26N2O4/c1-15-5-10-22(27-4)19(13-15)11-12-24-23(26)18-6-8-20(9-7-18)28-14-21-16(2)25-29-17(21)3/h5-10,13H,11-12,14H2,1-4H3,(H,24,26). The molecule has 1 aromatic heterocycles. The minimum absolute atomic E-state index is 0.117. The van der Waals surface area contributed by atoms with Crippen molar-refractivity contribution in [1.29, 1.82) is 0 Å². The van der Waals surface area contributed by atoms with Crippen LogP contribution < -0.4 is 14.8 Å². The number of ether oxygens (including phenoxy) is 2. The van der Waals surface area contributed by atoms with Gasteiger partial charge in [0.15, 0.2) is 0 Å². The van der Waals surface area contributed by atoms with Gasteiger partial charge in [-0.05, 0) is 63.1 Å². The molecule has 0 atom stereocenters. The van der Waals surface area contributed by atoms with Crippen LogP contribution in [0, 0.1) is 20.8 Å². The average Bonchev–Trinajstić information content (AvgIpc) is 3.04. The smallest absolute Gasteiger partial charge is 0.251 e. The molecular formula is C23H26N2O4. The normalized spacial score (nSPS) is 10.6. The predicted octanol–water partition coefficient (Wildman–Crippen LogP) is 4.16. The fraction of sp³-hybridized carbons (Fsp3) is 0.304. The third-order valence-electron chi connectivity index (χ3n) is 4.80. The Kier molecular flexibility index (Phi) is 6.54. The molecule has 0 aliphatic carbocycles. The van der Waals surface area contributed by atoms with Crippen LogP contribution in [-0.2, 0) is 13.0 Å². The van der Waals surface area contributed by atoms with E-state index in [4.69, 9.17) is 14.0 Å². The van der Waals surface area contributed by atoms with E-state index in [2.05, 4.69) is 16.5 Å². The zero-order chi connectivity index (χ0) is 20.8. The van der Waals surface area contributed by atoms with E-state index < -0.39 is 0 Å². The van der Waals surface area contributed by atoms with Gasteiger partial charge in [-0.1, -0.05) is 22.9 Å². The number of aryl methyl sites for hydroxylation is 3. The molecular weight excluding hydrogens is 368 g/mol. The number of hydrogen-bond donors (Lipinski definition) is 1. The second kappa shape index (κ2) is 9.28. The average molecular weight is 394 g/mol. The van der Waals surface area contributed by atoms with E-state index in [1.54, 1.807) is 31.4 Å². The molecule has 0 saturated carbocycles.